The molecule has 2 rings (SSSR count). The molecule has 1 heterocycles. The summed E-state index contributed by atoms with van der Waals surface area (Å²) in [6.45, 7) is -0.475. The zero-order chi connectivity index (χ0) is 20.1. The first-order chi connectivity index (χ1) is 12.7. The van der Waals surface area contributed by atoms with Crippen molar-refractivity contribution in [2.75, 3.05) is 6.61 Å². The van der Waals surface area contributed by atoms with Gasteiger partial charge in [0.25, 0.3) is 11.6 Å². The number of nitrogens with zero attached hydrogens (tertiary/aromatic N) is 1. The lowest BCUT2D eigenvalue weighted by Gasteiger charge is -2.27. The summed E-state index contributed by atoms with van der Waals surface area (Å²) in [5.74, 6) is -2.21. The molecule has 1 aromatic carbocycles. The van der Waals surface area contributed by atoms with Crippen molar-refractivity contribution < 1.29 is 33.9 Å². The van der Waals surface area contributed by atoms with Crippen LogP contribution in [0.4, 0.5) is 5.69 Å². The number of ether oxygens (including phenoxy) is 2. The number of nitro benzene ring substituents is 1. The number of nitrogens with one attached hydrogen (secondary N) is 1. The van der Waals surface area contributed by atoms with Crippen LogP contribution in [0.2, 0.25) is 0 Å². The second kappa shape index (κ2) is 8.98. The van der Waals surface area contributed by atoms with Gasteiger partial charge in [-0.25, -0.2) is 4.79 Å². The number of amides is 1. The standard InChI is InChI=1S/C15H14Cl2N2O8/c16-13(17)14(22)18-9(6-26-15(23)10-5-11(20)27-10)12(21)7-1-3-8(4-2-7)19(24)25/h1-4,9-10,12-13,21H,5-6H2,(H,18,22)/t9-,10-,12-/m1/s1. The number of cyclic esters (lactones) is 1. The molecule has 1 fully saturated rings. The molecular formula is C15H14Cl2N2O8. The van der Waals surface area contributed by atoms with E-state index in [1.807, 2.05) is 0 Å². The predicted molar refractivity (Wildman–Crippen MR) is 90.9 cm³/mol. The zero-order valence-corrected chi connectivity index (χ0v) is 15.1. The number of hydrogen-bond donors (Lipinski definition) is 2. The first-order valence-corrected chi connectivity index (χ1v) is 8.43. The molecule has 146 valence electrons. The molecule has 1 aromatic rings. The van der Waals surface area contributed by atoms with Gasteiger partial charge in [0.15, 0.2) is 4.84 Å². The van der Waals surface area contributed by atoms with Crippen molar-refractivity contribution in [3.8, 4) is 0 Å². The Balaban J connectivity index is 2.07. The van der Waals surface area contributed by atoms with Crippen LogP contribution in [0.3, 0.4) is 0 Å². The Labute approximate surface area is 162 Å². The molecule has 27 heavy (non-hydrogen) atoms. The minimum absolute atomic E-state index is 0.119. The number of hydrogen-bond acceptors (Lipinski definition) is 8. The fraction of sp³-hybridized carbons (Fsp3) is 0.400. The molecule has 1 aliphatic heterocycles. The Kier molecular flexibility index (Phi) is 6.94. The third-order valence-corrected chi connectivity index (χ3v) is 4.04. The lowest BCUT2D eigenvalue weighted by Crippen LogP contribution is -2.47. The van der Waals surface area contributed by atoms with Crippen LogP contribution in [0.1, 0.15) is 18.1 Å². The summed E-state index contributed by atoms with van der Waals surface area (Å²) in [5, 5.41) is 23.5. The van der Waals surface area contributed by atoms with Crippen LogP contribution in [0.5, 0.6) is 0 Å². The number of carbonyl (C=O) groups excluding carboxylic acids is 3. The molecule has 0 aromatic heterocycles. The van der Waals surface area contributed by atoms with Crippen LogP contribution >= 0.6 is 23.2 Å². The second-order valence-electron chi connectivity index (χ2n) is 5.52. The van der Waals surface area contributed by atoms with E-state index in [4.69, 9.17) is 27.9 Å². The van der Waals surface area contributed by atoms with Crippen LogP contribution in [0.25, 0.3) is 0 Å². The van der Waals surface area contributed by atoms with Gasteiger partial charge in [-0.15, -0.1) is 0 Å². The Morgan fingerprint density at radius 2 is 1.96 bits per heavy atom. The number of rotatable bonds is 8. The molecule has 12 heteroatoms. The van der Waals surface area contributed by atoms with Gasteiger partial charge >= 0.3 is 11.9 Å². The number of aliphatic hydroxyl groups is 1. The molecule has 1 amide bonds. The van der Waals surface area contributed by atoms with Gasteiger partial charge < -0.3 is 19.9 Å². The summed E-state index contributed by atoms with van der Waals surface area (Å²) in [6.07, 6.45) is -2.54. The molecule has 3 atom stereocenters. The molecule has 0 unspecified atom stereocenters. The highest BCUT2D eigenvalue weighted by atomic mass is 35.5. The normalized spacial score (nSPS) is 18.1. The molecule has 0 saturated carbocycles. The van der Waals surface area contributed by atoms with Crippen LogP contribution in [-0.4, -0.2) is 51.5 Å². The van der Waals surface area contributed by atoms with Crippen molar-refractivity contribution in [3.63, 3.8) is 0 Å². The third kappa shape index (κ3) is 5.52. The molecular weight excluding hydrogens is 407 g/mol. The van der Waals surface area contributed by atoms with Gasteiger partial charge in [-0.05, 0) is 17.7 Å². The summed E-state index contributed by atoms with van der Waals surface area (Å²) >= 11 is 10.9. The largest absolute Gasteiger partial charge is 0.461 e. The molecule has 10 nitrogen and oxygen atoms in total. The number of alkyl halides is 2. The monoisotopic (exact) mass is 420 g/mol. The van der Waals surface area contributed by atoms with Gasteiger partial charge in [0.2, 0.25) is 6.10 Å². The number of carbonyl (C=O) groups is 3. The fourth-order valence-electron chi connectivity index (χ4n) is 2.18. The molecule has 0 bridgehead atoms. The Morgan fingerprint density at radius 3 is 2.44 bits per heavy atom. The first kappa shape index (κ1) is 20.9. The van der Waals surface area contributed by atoms with E-state index in [2.05, 4.69) is 10.1 Å². The summed E-state index contributed by atoms with van der Waals surface area (Å²) in [5.41, 5.74) is 0.0315. The number of nitro groups is 1. The van der Waals surface area contributed by atoms with Gasteiger partial charge in [0.1, 0.15) is 12.7 Å². The van der Waals surface area contributed by atoms with E-state index in [0.29, 0.717) is 0 Å². The lowest BCUT2D eigenvalue weighted by atomic mass is 10.0. The molecule has 0 radical (unpaired) electrons. The van der Waals surface area contributed by atoms with E-state index in [1.54, 1.807) is 0 Å². The first-order valence-electron chi connectivity index (χ1n) is 7.56. The maximum atomic E-state index is 11.8. The van der Waals surface area contributed by atoms with Gasteiger partial charge in [0, 0.05) is 12.1 Å². The van der Waals surface area contributed by atoms with Gasteiger partial charge in [0.05, 0.1) is 17.4 Å². The van der Waals surface area contributed by atoms with Crippen molar-refractivity contribution in [2.24, 2.45) is 0 Å². The number of esters is 2. The Hall–Kier alpha value is -2.43. The molecule has 2 N–H and O–H groups in total. The number of non-ortho nitro benzene ring substituents is 1. The molecule has 1 saturated heterocycles. The van der Waals surface area contributed by atoms with Crippen molar-refractivity contribution in [2.45, 2.75) is 29.5 Å². The van der Waals surface area contributed by atoms with E-state index in [-0.39, 0.29) is 17.7 Å². The molecule has 0 spiro atoms. The average molecular weight is 421 g/mol. The quantitative estimate of drug-likeness (QED) is 0.271. The summed E-state index contributed by atoms with van der Waals surface area (Å²) in [6, 6.07) is 3.76. The van der Waals surface area contributed by atoms with Crippen LogP contribution in [0.15, 0.2) is 24.3 Å². The highest BCUT2D eigenvalue weighted by Crippen LogP contribution is 2.22. The molecule has 1 aliphatic rings. The zero-order valence-electron chi connectivity index (χ0n) is 13.5. The van der Waals surface area contributed by atoms with Crippen molar-refractivity contribution in [1.29, 1.82) is 0 Å². The van der Waals surface area contributed by atoms with E-state index in [0.717, 1.165) is 0 Å². The van der Waals surface area contributed by atoms with Crippen LogP contribution in [0, 0.1) is 10.1 Å². The lowest BCUT2D eigenvalue weighted by molar-refractivity contribution is -0.384. The van der Waals surface area contributed by atoms with Crippen LogP contribution < -0.4 is 5.32 Å². The molecule has 0 aliphatic carbocycles. The Morgan fingerprint density at radius 1 is 1.37 bits per heavy atom. The Bertz CT molecular complexity index is 732. The van der Waals surface area contributed by atoms with Crippen molar-refractivity contribution in [3.05, 3.63) is 39.9 Å². The van der Waals surface area contributed by atoms with Crippen LogP contribution in [-0.2, 0) is 23.9 Å². The maximum Gasteiger partial charge on any atom is 0.348 e. The fourth-order valence-corrected chi connectivity index (χ4v) is 2.31. The van der Waals surface area contributed by atoms with Gasteiger partial charge in [-0.3, -0.25) is 19.7 Å². The number of benzene rings is 1. The summed E-state index contributed by atoms with van der Waals surface area (Å²) in [4.78, 5) is 42.9. The predicted octanol–water partition coefficient (Wildman–Crippen LogP) is 0.775. The highest BCUT2D eigenvalue weighted by Gasteiger charge is 2.37. The third-order valence-electron chi connectivity index (χ3n) is 3.65. The van der Waals surface area contributed by atoms with Crippen molar-refractivity contribution >= 4 is 46.7 Å². The van der Waals surface area contributed by atoms with E-state index in [9.17, 15) is 29.6 Å². The smallest absolute Gasteiger partial charge is 0.348 e. The second-order valence-corrected chi connectivity index (χ2v) is 6.62. The summed E-state index contributed by atoms with van der Waals surface area (Å²) in [7, 11) is 0. The maximum absolute atomic E-state index is 11.8. The summed E-state index contributed by atoms with van der Waals surface area (Å²) < 4.78 is 9.52. The van der Waals surface area contributed by atoms with Crippen molar-refractivity contribution in [1.82, 2.24) is 5.32 Å². The minimum atomic E-state index is -1.43. The van der Waals surface area contributed by atoms with E-state index < -0.39 is 52.5 Å². The highest BCUT2D eigenvalue weighted by molar-refractivity contribution is 6.53. The van der Waals surface area contributed by atoms with E-state index in [1.165, 1.54) is 24.3 Å². The van der Waals surface area contributed by atoms with Gasteiger partial charge in [-0.1, -0.05) is 23.2 Å². The van der Waals surface area contributed by atoms with E-state index >= 15 is 0 Å². The number of aliphatic hydroxyl groups excluding tert-OH is 1. The van der Waals surface area contributed by atoms with Gasteiger partial charge in [-0.2, -0.15) is 0 Å². The number of halogens is 2. The average Bonchev–Trinajstić information content (AvgIpc) is 2.61. The topological polar surface area (TPSA) is 145 Å². The minimum Gasteiger partial charge on any atom is -0.461 e. The SMILES string of the molecule is O=C1C[C@H](C(=O)OC[C@@H](NC(=O)C(Cl)Cl)[C@H](O)c2ccc([N+](=O)[O-])cc2)O1.